The SMILES string of the molecule is CCc1ccc(-c2cc(C)c3cccnc3c2)nc1. The Bertz CT molecular complexity index is 715. The normalized spacial score (nSPS) is 10.8. The lowest BCUT2D eigenvalue weighted by molar-refractivity contribution is 1.11. The van der Waals surface area contributed by atoms with Crippen LogP contribution in [0.3, 0.4) is 0 Å². The first kappa shape index (κ1) is 11.8. The zero-order valence-corrected chi connectivity index (χ0v) is 11.2. The van der Waals surface area contributed by atoms with Gasteiger partial charge in [-0.25, -0.2) is 0 Å². The van der Waals surface area contributed by atoms with Gasteiger partial charge in [0.15, 0.2) is 0 Å². The van der Waals surface area contributed by atoms with E-state index >= 15 is 0 Å². The smallest absolute Gasteiger partial charge is 0.0711 e. The van der Waals surface area contributed by atoms with Crippen LogP contribution in [-0.2, 0) is 6.42 Å². The van der Waals surface area contributed by atoms with Gasteiger partial charge in [-0.15, -0.1) is 0 Å². The Morgan fingerprint density at radius 1 is 1.05 bits per heavy atom. The minimum absolute atomic E-state index is 1.01. The van der Waals surface area contributed by atoms with Gasteiger partial charge in [-0.05, 0) is 48.7 Å². The number of aromatic nitrogens is 2. The summed E-state index contributed by atoms with van der Waals surface area (Å²) in [6, 6.07) is 12.6. The molecular weight excluding hydrogens is 232 g/mol. The van der Waals surface area contributed by atoms with Crippen molar-refractivity contribution in [3.05, 3.63) is 59.9 Å². The molecule has 2 heterocycles. The van der Waals surface area contributed by atoms with Crippen LogP contribution in [0.2, 0.25) is 0 Å². The molecule has 0 aliphatic rings. The first-order valence-electron chi connectivity index (χ1n) is 6.58. The van der Waals surface area contributed by atoms with Crippen LogP contribution in [0.4, 0.5) is 0 Å². The van der Waals surface area contributed by atoms with E-state index in [0.29, 0.717) is 0 Å². The molecule has 0 aliphatic carbocycles. The van der Waals surface area contributed by atoms with Crippen LogP contribution in [0, 0.1) is 6.92 Å². The Labute approximate surface area is 113 Å². The van der Waals surface area contributed by atoms with Gasteiger partial charge >= 0.3 is 0 Å². The average molecular weight is 248 g/mol. The third-order valence-corrected chi connectivity index (χ3v) is 3.46. The monoisotopic (exact) mass is 248 g/mol. The van der Waals surface area contributed by atoms with E-state index in [2.05, 4.69) is 54.1 Å². The average Bonchev–Trinajstić information content (AvgIpc) is 2.47. The number of pyridine rings is 2. The van der Waals surface area contributed by atoms with Gasteiger partial charge in [-0.1, -0.05) is 19.1 Å². The Balaban J connectivity index is 2.14. The van der Waals surface area contributed by atoms with E-state index in [-0.39, 0.29) is 0 Å². The lowest BCUT2D eigenvalue weighted by Crippen LogP contribution is -1.89. The molecule has 0 spiro atoms. The lowest BCUT2D eigenvalue weighted by Gasteiger charge is -2.07. The third-order valence-electron chi connectivity index (χ3n) is 3.46. The maximum absolute atomic E-state index is 4.54. The number of fused-ring (bicyclic) bond motifs is 1. The highest BCUT2D eigenvalue weighted by Crippen LogP contribution is 2.25. The predicted molar refractivity (Wildman–Crippen MR) is 79.1 cm³/mol. The van der Waals surface area contributed by atoms with Crippen molar-refractivity contribution in [3.8, 4) is 11.3 Å². The summed E-state index contributed by atoms with van der Waals surface area (Å²) in [6.45, 7) is 4.26. The quantitative estimate of drug-likeness (QED) is 0.680. The first-order valence-corrected chi connectivity index (χ1v) is 6.58. The van der Waals surface area contributed by atoms with Crippen molar-refractivity contribution in [2.75, 3.05) is 0 Å². The van der Waals surface area contributed by atoms with Gasteiger partial charge in [0.2, 0.25) is 0 Å². The molecule has 0 aliphatic heterocycles. The van der Waals surface area contributed by atoms with E-state index in [1.807, 2.05) is 18.5 Å². The molecule has 0 bridgehead atoms. The molecule has 3 aromatic rings. The largest absolute Gasteiger partial charge is 0.256 e. The van der Waals surface area contributed by atoms with Gasteiger partial charge in [0.25, 0.3) is 0 Å². The molecule has 3 rings (SSSR count). The Morgan fingerprint density at radius 3 is 2.68 bits per heavy atom. The van der Waals surface area contributed by atoms with Crippen LogP contribution in [-0.4, -0.2) is 9.97 Å². The summed E-state index contributed by atoms with van der Waals surface area (Å²) < 4.78 is 0. The van der Waals surface area contributed by atoms with Crippen molar-refractivity contribution in [2.45, 2.75) is 20.3 Å². The molecule has 0 radical (unpaired) electrons. The molecule has 0 N–H and O–H groups in total. The van der Waals surface area contributed by atoms with Crippen LogP contribution in [0.1, 0.15) is 18.1 Å². The van der Waals surface area contributed by atoms with E-state index in [1.54, 1.807) is 0 Å². The van der Waals surface area contributed by atoms with E-state index in [0.717, 1.165) is 23.2 Å². The van der Waals surface area contributed by atoms with Crippen LogP contribution in [0.5, 0.6) is 0 Å². The van der Waals surface area contributed by atoms with E-state index < -0.39 is 0 Å². The summed E-state index contributed by atoms with van der Waals surface area (Å²) in [5, 5.41) is 1.21. The number of hydrogen-bond donors (Lipinski definition) is 0. The molecular formula is C17H16N2. The van der Waals surface area contributed by atoms with Crippen molar-refractivity contribution in [2.24, 2.45) is 0 Å². The Kier molecular flexibility index (Phi) is 3.00. The fourth-order valence-electron chi connectivity index (χ4n) is 2.32. The Morgan fingerprint density at radius 2 is 1.95 bits per heavy atom. The van der Waals surface area contributed by atoms with Crippen LogP contribution >= 0.6 is 0 Å². The number of rotatable bonds is 2. The topological polar surface area (TPSA) is 25.8 Å². The summed E-state index contributed by atoms with van der Waals surface area (Å²) in [5.74, 6) is 0. The van der Waals surface area contributed by atoms with E-state index in [9.17, 15) is 0 Å². The second kappa shape index (κ2) is 4.81. The molecule has 0 unspecified atom stereocenters. The molecule has 0 saturated heterocycles. The molecule has 0 amide bonds. The van der Waals surface area contributed by atoms with Gasteiger partial charge < -0.3 is 0 Å². The van der Waals surface area contributed by atoms with Crippen LogP contribution < -0.4 is 0 Å². The predicted octanol–water partition coefficient (Wildman–Crippen LogP) is 4.17. The second-order valence-electron chi connectivity index (χ2n) is 4.77. The van der Waals surface area contributed by atoms with Crippen molar-refractivity contribution in [3.63, 3.8) is 0 Å². The van der Waals surface area contributed by atoms with Gasteiger partial charge in [0.1, 0.15) is 0 Å². The summed E-state index contributed by atoms with van der Waals surface area (Å²) in [5.41, 5.74) is 5.67. The molecule has 1 aromatic carbocycles. The number of benzene rings is 1. The third kappa shape index (κ3) is 2.22. The van der Waals surface area contributed by atoms with Gasteiger partial charge in [-0.2, -0.15) is 0 Å². The highest BCUT2D eigenvalue weighted by molar-refractivity contribution is 5.86. The number of nitrogens with zero attached hydrogens (tertiary/aromatic N) is 2. The maximum atomic E-state index is 4.54. The fraction of sp³-hybridized carbons (Fsp3) is 0.176. The summed E-state index contributed by atoms with van der Waals surface area (Å²) in [7, 11) is 0. The minimum Gasteiger partial charge on any atom is -0.256 e. The van der Waals surface area contributed by atoms with E-state index in [4.69, 9.17) is 0 Å². The van der Waals surface area contributed by atoms with Crippen LogP contribution in [0.25, 0.3) is 22.2 Å². The van der Waals surface area contributed by atoms with Gasteiger partial charge in [0, 0.05) is 23.3 Å². The maximum Gasteiger partial charge on any atom is 0.0711 e. The summed E-state index contributed by atoms with van der Waals surface area (Å²) >= 11 is 0. The zero-order valence-electron chi connectivity index (χ0n) is 11.2. The molecule has 2 heteroatoms. The summed E-state index contributed by atoms with van der Waals surface area (Å²) in [6.07, 6.45) is 4.80. The fourth-order valence-corrected chi connectivity index (χ4v) is 2.32. The lowest BCUT2D eigenvalue weighted by atomic mass is 10.0. The highest BCUT2D eigenvalue weighted by atomic mass is 14.7. The summed E-state index contributed by atoms with van der Waals surface area (Å²) in [4.78, 5) is 8.97. The number of hydrogen-bond acceptors (Lipinski definition) is 2. The van der Waals surface area contributed by atoms with E-state index in [1.165, 1.54) is 16.5 Å². The van der Waals surface area contributed by atoms with Gasteiger partial charge in [-0.3, -0.25) is 9.97 Å². The molecule has 0 saturated carbocycles. The minimum atomic E-state index is 1.01. The zero-order chi connectivity index (χ0) is 13.2. The van der Waals surface area contributed by atoms with Crippen molar-refractivity contribution >= 4 is 10.9 Å². The Hall–Kier alpha value is -2.22. The molecule has 0 atom stereocenters. The number of aryl methyl sites for hydroxylation is 2. The molecule has 0 fully saturated rings. The van der Waals surface area contributed by atoms with Crippen LogP contribution in [0.15, 0.2) is 48.8 Å². The molecule has 94 valence electrons. The van der Waals surface area contributed by atoms with Crippen molar-refractivity contribution < 1.29 is 0 Å². The second-order valence-corrected chi connectivity index (χ2v) is 4.77. The van der Waals surface area contributed by atoms with Gasteiger partial charge in [0.05, 0.1) is 11.2 Å². The highest BCUT2D eigenvalue weighted by Gasteiger charge is 2.04. The standard InChI is InChI=1S/C17H16N2/c1-3-13-6-7-16(19-11-13)14-9-12(2)15-5-4-8-18-17(15)10-14/h4-11H,3H2,1-2H3. The van der Waals surface area contributed by atoms with Crippen molar-refractivity contribution in [1.82, 2.24) is 9.97 Å². The van der Waals surface area contributed by atoms with Crippen molar-refractivity contribution in [1.29, 1.82) is 0 Å². The molecule has 2 aromatic heterocycles. The molecule has 19 heavy (non-hydrogen) atoms. The first-order chi connectivity index (χ1) is 9.28. The molecule has 2 nitrogen and oxygen atoms in total.